The predicted octanol–water partition coefficient (Wildman–Crippen LogP) is 1.26. The Morgan fingerprint density at radius 3 is 2.41 bits per heavy atom. The summed E-state index contributed by atoms with van der Waals surface area (Å²) in [7, 11) is 7.38. The van der Waals surface area contributed by atoms with Crippen molar-refractivity contribution < 1.29 is 8.78 Å². The minimum Gasteiger partial charge on any atom is -0.349 e. The number of hydrogen-bond donors (Lipinski definition) is 0. The fourth-order valence-electron chi connectivity index (χ4n) is 1.47. The van der Waals surface area contributed by atoms with Gasteiger partial charge in [0.05, 0.1) is 0 Å². The third-order valence-corrected chi connectivity index (χ3v) is 2.12. The van der Waals surface area contributed by atoms with E-state index in [9.17, 15) is 8.78 Å². The molecule has 1 heterocycles. The molecule has 0 aliphatic heterocycles. The summed E-state index contributed by atoms with van der Waals surface area (Å²) in [6.07, 6.45) is 2.60. The predicted molar refractivity (Wildman–Crippen MR) is 62.0 cm³/mol. The van der Waals surface area contributed by atoms with Gasteiger partial charge in [-0.25, -0.2) is 9.98 Å². The highest BCUT2D eigenvalue weighted by molar-refractivity contribution is 5.79. The molecule has 0 aliphatic carbocycles. The molecule has 1 aromatic rings. The second kappa shape index (κ2) is 5.60. The van der Waals surface area contributed by atoms with Crippen LogP contribution >= 0.6 is 0 Å². The Bertz CT molecular complexity index is 374. The van der Waals surface area contributed by atoms with Gasteiger partial charge in [0.2, 0.25) is 0 Å². The highest BCUT2D eigenvalue weighted by Crippen LogP contribution is 2.13. The first-order chi connectivity index (χ1) is 7.93. The van der Waals surface area contributed by atoms with E-state index in [0.29, 0.717) is 5.96 Å². The van der Waals surface area contributed by atoms with Crippen molar-refractivity contribution in [3.8, 4) is 0 Å². The maximum absolute atomic E-state index is 12.6. The van der Waals surface area contributed by atoms with Crippen molar-refractivity contribution in [3.05, 3.63) is 18.2 Å². The van der Waals surface area contributed by atoms with Gasteiger partial charge in [0, 0.05) is 40.6 Å². The zero-order valence-corrected chi connectivity index (χ0v) is 10.4. The molecule has 5 nitrogen and oxygen atoms in total. The summed E-state index contributed by atoms with van der Waals surface area (Å²) in [5.41, 5.74) is 0. The Kier molecular flexibility index (Phi) is 4.42. The SMILES string of the molecule is CN(C)C(=NCc1nccn1C(F)F)N(C)C. The standard InChI is InChI=1S/C10H17F2N5/c1-15(2)10(16(3)4)14-7-8-13-5-6-17(8)9(11)12/h5-6,9H,7H2,1-4H3. The molecule has 0 amide bonds. The first kappa shape index (κ1) is 13.4. The Balaban J connectivity index is 2.83. The molecule has 0 aromatic carbocycles. The molecule has 17 heavy (non-hydrogen) atoms. The van der Waals surface area contributed by atoms with Crippen molar-refractivity contribution in [3.63, 3.8) is 0 Å². The van der Waals surface area contributed by atoms with Crippen molar-refractivity contribution in [1.29, 1.82) is 0 Å². The number of aliphatic imine (C=N–C) groups is 1. The lowest BCUT2D eigenvalue weighted by atomic mass is 10.6. The van der Waals surface area contributed by atoms with Crippen LogP contribution in [-0.2, 0) is 6.54 Å². The largest absolute Gasteiger partial charge is 0.349 e. The van der Waals surface area contributed by atoms with Crippen LogP contribution in [0.4, 0.5) is 8.78 Å². The van der Waals surface area contributed by atoms with Crippen LogP contribution in [-0.4, -0.2) is 53.5 Å². The van der Waals surface area contributed by atoms with Crippen molar-refractivity contribution in [1.82, 2.24) is 19.4 Å². The van der Waals surface area contributed by atoms with Gasteiger partial charge in [0.25, 0.3) is 0 Å². The fraction of sp³-hybridized carbons (Fsp3) is 0.600. The molecular formula is C10H17F2N5. The van der Waals surface area contributed by atoms with Crippen LogP contribution in [0, 0.1) is 0 Å². The van der Waals surface area contributed by atoms with E-state index >= 15 is 0 Å². The maximum atomic E-state index is 12.6. The number of guanidine groups is 1. The number of imidazole rings is 1. The molecule has 1 aromatic heterocycles. The van der Waals surface area contributed by atoms with E-state index < -0.39 is 6.55 Å². The van der Waals surface area contributed by atoms with Crippen LogP contribution in [0.25, 0.3) is 0 Å². The smallest absolute Gasteiger partial charge is 0.319 e. The van der Waals surface area contributed by atoms with Crippen LogP contribution < -0.4 is 0 Å². The summed E-state index contributed by atoms with van der Waals surface area (Å²) < 4.78 is 25.9. The lowest BCUT2D eigenvalue weighted by Crippen LogP contribution is -2.35. The number of aromatic nitrogens is 2. The molecule has 1 rings (SSSR count). The summed E-state index contributed by atoms with van der Waals surface area (Å²) in [4.78, 5) is 11.8. The van der Waals surface area contributed by atoms with Crippen molar-refractivity contribution >= 4 is 5.96 Å². The van der Waals surface area contributed by atoms with Gasteiger partial charge in [-0.15, -0.1) is 0 Å². The molecule has 0 saturated heterocycles. The monoisotopic (exact) mass is 245 g/mol. The van der Waals surface area contributed by atoms with Gasteiger partial charge in [0.15, 0.2) is 5.96 Å². The van der Waals surface area contributed by atoms with Crippen LogP contribution in [0.3, 0.4) is 0 Å². The average molecular weight is 245 g/mol. The fourth-order valence-corrected chi connectivity index (χ4v) is 1.47. The second-order valence-corrected chi connectivity index (χ2v) is 3.93. The first-order valence-corrected chi connectivity index (χ1v) is 5.12. The van der Waals surface area contributed by atoms with Gasteiger partial charge in [-0.1, -0.05) is 0 Å². The van der Waals surface area contributed by atoms with Gasteiger partial charge in [0.1, 0.15) is 12.4 Å². The van der Waals surface area contributed by atoms with E-state index in [2.05, 4.69) is 9.98 Å². The third-order valence-electron chi connectivity index (χ3n) is 2.12. The zero-order chi connectivity index (χ0) is 13.0. The zero-order valence-electron chi connectivity index (χ0n) is 10.4. The van der Waals surface area contributed by atoms with Crippen LogP contribution in [0.15, 0.2) is 17.4 Å². The average Bonchev–Trinajstić information content (AvgIpc) is 2.64. The van der Waals surface area contributed by atoms with Gasteiger partial charge in [-0.3, -0.25) is 4.57 Å². The van der Waals surface area contributed by atoms with Crippen molar-refractivity contribution in [2.75, 3.05) is 28.2 Å². The summed E-state index contributed by atoms with van der Waals surface area (Å²) >= 11 is 0. The Morgan fingerprint density at radius 2 is 1.94 bits per heavy atom. The Labute approximate surface area is 99.4 Å². The topological polar surface area (TPSA) is 36.7 Å². The lowest BCUT2D eigenvalue weighted by molar-refractivity contribution is 0.0671. The summed E-state index contributed by atoms with van der Waals surface area (Å²) in [5, 5.41) is 0. The van der Waals surface area contributed by atoms with Crippen molar-refractivity contribution in [2.45, 2.75) is 13.1 Å². The molecule has 0 unspecified atom stereocenters. The minimum absolute atomic E-state index is 0.128. The lowest BCUT2D eigenvalue weighted by Gasteiger charge is -2.22. The number of nitrogens with zero attached hydrogens (tertiary/aromatic N) is 5. The Morgan fingerprint density at radius 1 is 1.35 bits per heavy atom. The quantitative estimate of drug-likeness (QED) is 0.594. The number of hydrogen-bond acceptors (Lipinski definition) is 2. The number of halogens is 2. The normalized spacial score (nSPS) is 10.5. The highest BCUT2D eigenvalue weighted by Gasteiger charge is 2.11. The molecule has 0 atom stereocenters. The molecule has 0 spiro atoms. The maximum Gasteiger partial charge on any atom is 0.319 e. The molecule has 0 fully saturated rings. The Hall–Kier alpha value is -1.66. The van der Waals surface area contributed by atoms with Crippen LogP contribution in [0.2, 0.25) is 0 Å². The molecular weight excluding hydrogens is 228 g/mol. The van der Waals surface area contributed by atoms with E-state index in [0.717, 1.165) is 4.57 Å². The molecule has 0 bridgehead atoms. The molecule has 7 heteroatoms. The van der Waals surface area contributed by atoms with Crippen molar-refractivity contribution in [2.24, 2.45) is 4.99 Å². The highest BCUT2D eigenvalue weighted by atomic mass is 19.3. The van der Waals surface area contributed by atoms with E-state index in [1.54, 1.807) is 0 Å². The molecule has 0 saturated carbocycles. The van der Waals surface area contributed by atoms with E-state index in [1.165, 1.54) is 12.4 Å². The van der Waals surface area contributed by atoms with E-state index in [-0.39, 0.29) is 12.4 Å². The molecule has 96 valence electrons. The summed E-state index contributed by atoms with van der Waals surface area (Å²) in [6, 6.07) is 0. The van der Waals surface area contributed by atoms with Crippen LogP contribution in [0.1, 0.15) is 12.4 Å². The van der Waals surface area contributed by atoms with Gasteiger partial charge < -0.3 is 9.80 Å². The van der Waals surface area contributed by atoms with E-state index in [4.69, 9.17) is 0 Å². The minimum atomic E-state index is -2.58. The first-order valence-electron chi connectivity index (χ1n) is 5.12. The molecule has 0 N–H and O–H groups in total. The summed E-state index contributed by atoms with van der Waals surface area (Å²) in [5.74, 6) is 0.954. The van der Waals surface area contributed by atoms with Gasteiger partial charge in [-0.05, 0) is 0 Å². The second-order valence-electron chi connectivity index (χ2n) is 3.93. The number of alkyl halides is 2. The van der Waals surface area contributed by atoms with Gasteiger partial charge >= 0.3 is 6.55 Å². The molecule has 0 radical (unpaired) electrons. The summed E-state index contributed by atoms with van der Waals surface area (Å²) in [6.45, 7) is -2.45. The third kappa shape index (κ3) is 3.40. The van der Waals surface area contributed by atoms with Gasteiger partial charge in [-0.2, -0.15) is 8.78 Å². The van der Waals surface area contributed by atoms with E-state index in [1.807, 2.05) is 38.0 Å². The van der Waals surface area contributed by atoms with Crippen LogP contribution in [0.5, 0.6) is 0 Å². The molecule has 0 aliphatic rings. The number of rotatable bonds is 3.